The van der Waals surface area contributed by atoms with E-state index in [9.17, 15) is 13.2 Å². The number of likely N-dealkylation sites (N-methyl/N-ethyl adjacent to an activating group) is 1. The van der Waals surface area contributed by atoms with Gasteiger partial charge in [-0.15, -0.1) is 12.4 Å². The van der Waals surface area contributed by atoms with E-state index in [-0.39, 0.29) is 24.9 Å². The Bertz CT molecular complexity index is 369. The molecule has 2 N–H and O–H groups in total. The summed E-state index contributed by atoms with van der Waals surface area (Å²) in [7, 11) is -1.88. The van der Waals surface area contributed by atoms with Gasteiger partial charge in [-0.05, 0) is 38.3 Å². The van der Waals surface area contributed by atoms with Crippen molar-refractivity contribution in [1.82, 2.24) is 14.9 Å². The van der Waals surface area contributed by atoms with Gasteiger partial charge in [0.1, 0.15) is 0 Å². The quantitative estimate of drug-likeness (QED) is 0.712. The molecule has 0 aromatic rings. The van der Waals surface area contributed by atoms with Crippen LogP contribution in [-0.2, 0) is 14.8 Å². The molecule has 0 aromatic heterocycles. The maximum Gasteiger partial charge on any atom is 0.235 e. The molecule has 1 heterocycles. The Balaban J connectivity index is 0.00000324. The molecule has 1 rings (SSSR count). The molecule has 0 spiro atoms. The van der Waals surface area contributed by atoms with Crippen molar-refractivity contribution in [2.24, 2.45) is 5.92 Å². The largest absolute Gasteiger partial charge is 0.355 e. The first-order chi connectivity index (χ1) is 8.39. The van der Waals surface area contributed by atoms with E-state index in [2.05, 4.69) is 10.6 Å². The molecule has 0 bridgehead atoms. The molecule has 8 heteroatoms. The first kappa shape index (κ1) is 18.6. The van der Waals surface area contributed by atoms with Gasteiger partial charge in [0.2, 0.25) is 15.9 Å². The van der Waals surface area contributed by atoms with Crippen LogP contribution in [0.2, 0.25) is 0 Å². The number of piperidine rings is 1. The van der Waals surface area contributed by atoms with E-state index >= 15 is 0 Å². The van der Waals surface area contributed by atoms with Gasteiger partial charge in [-0.2, -0.15) is 4.31 Å². The lowest BCUT2D eigenvalue weighted by Crippen LogP contribution is -2.39. The van der Waals surface area contributed by atoms with Crippen LogP contribution in [0.5, 0.6) is 0 Å². The minimum Gasteiger partial charge on any atom is -0.355 e. The molecule has 1 aliphatic rings. The number of halogens is 1. The first-order valence-electron chi connectivity index (χ1n) is 6.28. The molecular formula is C11H24ClN3O3S. The summed E-state index contributed by atoms with van der Waals surface area (Å²) >= 11 is 0. The number of nitrogens with zero attached hydrogens (tertiary/aromatic N) is 1. The van der Waals surface area contributed by atoms with Crippen LogP contribution in [0.3, 0.4) is 0 Å². The molecule has 1 atom stereocenters. The van der Waals surface area contributed by atoms with Gasteiger partial charge in [-0.25, -0.2) is 8.42 Å². The first-order valence-corrected chi connectivity index (χ1v) is 8.13. The highest BCUT2D eigenvalue weighted by atomic mass is 35.5. The van der Waals surface area contributed by atoms with E-state index < -0.39 is 10.0 Å². The molecule has 0 aliphatic carbocycles. The second-order valence-electron chi connectivity index (χ2n) is 4.87. The van der Waals surface area contributed by atoms with Crippen LogP contribution < -0.4 is 10.6 Å². The third-order valence-electron chi connectivity index (χ3n) is 3.21. The zero-order chi connectivity index (χ0) is 13.6. The minimum absolute atomic E-state index is 0. The van der Waals surface area contributed by atoms with Crippen molar-refractivity contribution >= 4 is 28.3 Å². The summed E-state index contributed by atoms with van der Waals surface area (Å²) in [5, 5.41) is 6.08. The van der Waals surface area contributed by atoms with E-state index in [1.54, 1.807) is 0 Å². The minimum atomic E-state index is -3.28. The van der Waals surface area contributed by atoms with Crippen LogP contribution in [0.4, 0.5) is 0 Å². The second-order valence-corrected chi connectivity index (χ2v) is 6.96. The van der Waals surface area contributed by atoms with Crippen LogP contribution in [0.25, 0.3) is 0 Å². The number of amides is 1. The Morgan fingerprint density at radius 1 is 1.47 bits per heavy atom. The predicted molar refractivity (Wildman–Crippen MR) is 77.9 cm³/mol. The standard InChI is InChI=1S/C11H23N3O3S.ClH/c1-14(18(2,16)17)9-11(15)13-7-5-10-4-3-6-12-8-10;/h10,12H,3-9H2,1-2H3,(H,13,15);1H. The van der Waals surface area contributed by atoms with Crippen molar-refractivity contribution in [3.8, 4) is 0 Å². The van der Waals surface area contributed by atoms with Crippen LogP contribution in [0, 0.1) is 5.92 Å². The highest BCUT2D eigenvalue weighted by molar-refractivity contribution is 7.88. The van der Waals surface area contributed by atoms with Gasteiger partial charge < -0.3 is 10.6 Å². The van der Waals surface area contributed by atoms with Gasteiger partial charge in [0.05, 0.1) is 12.8 Å². The average Bonchev–Trinajstić information content (AvgIpc) is 2.29. The van der Waals surface area contributed by atoms with E-state index in [4.69, 9.17) is 0 Å². The molecule has 1 fully saturated rings. The normalized spacial score (nSPS) is 19.8. The molecule has 1 amide bonds. The van der Waals surface area contributed by atoms with Gasteiger partial charge in [-0.3, -0.25) is 4.79 Å². The van der Waals surface area contributed by atoms with Gasteiger partial charge in [0, 0.05) is 13.6 Å². The SMILES string of the molecule is CN(CC(=O)NCCC1CCCNC1)S(C)(=O)=O.Cl. The molecule has 6 nitrogen and oxygen atoms in total. The zero-order valence-corrected chi connectivity index (χ0v) is 13.1. The number of nitrogens with one attached hydrogen (secondary N) is 2. The average molecular weight is 314 g/mol. The fourth-order valence-corrected chi connectivity index (χ4v) is 2.31. The third kappa shape index (κ3) is 7.71. The topological polar surface area (TPSA) is 78.5 Å². The van der Waals surface area contributed by atoms with Gasteiger partial charge in [0.15, 0.2) is 0 Å². The van der Waals surface area contributed by atoms with E-state index in [0.717, 1.165) is 30.1 Å². The Morgan fingerprint density at radius 3 is 2.68 bits per heavy atom. The molecule has 1 saturated heterocycles. The Labute approximate surface area is 121 Å². The highest BCUT2D eigenvalue weighted by Crippen LogP contribution is 2.12. The third-order valence-corrected chi connectivity index (χ3v) is 4.47. The monoisotopic (exact) mass is 313 g/mol. The van der Waals surface area contributed by atoms with E-state index in [1.807, 2.05) is 0 Å². The molecule has 1 unspecified atom stereocenters. The number of rotatable bonds is 6. The summed E-state index contributed by atoms with van der Waals surface area (Å²) in [6.07, 6.45) is 4.43. The fourth-order valence-electron chi connectivity index (χ4n) is 1.96. The Morgan fingerprint density at radius 2 is 2.16 bits per heavy atom. The summed E-state index contributed by atoms with van der Waals surface area (Å²) in [5.74, 6) is 0.374. The maximum atomic E-state index is 11.5. The van der Waals surface area contributed by atoms with Crippen LogP contribution in [-0.4, -0.2) is 58.1 Å². The van der Waals surface area contributed by atoms with Crippen molar-refractivity contribution in [2.45, 2.75) is 19.3 Å². The van der Waals surface area contributed by atoms with E-state index in [1.165, 1.54) is 19.9 Å². The number of hydrogen-bond acceptors (Lipinski definition) is 4. The number of carbonyl (C=O) groups excluding carboxylic acids is 1. The molecule has 0 saturated carbocycles. The molecule has 1 aliphatic heterocycles. The van der Waals surface area contributed by atoms with Crippen molar-refractivity contribution in [2.75, 3.05) is 39.5 Å². The number of hydrogen-bond donors (Lipinski definition) is 2. The lowest BCUT2D eigenvalue weighted by atomic mass is 9.96. The van der Waals surface area contributed by atoms with Crippen LogP contribution >= 0.6 is 12.4 Å². The smallest absolute Gasteiger partial charge is 0.235 e. The lowest BCUT2D eigenvalue weighted by Gasteiger charge is -2.22. The predicted octanol–water partition coefficient (Wildman–Crippen LogP) is -0.194. The Kier molecular flexibility index (Phi) is 8.56. The van der Waals surface area contributed by atoms with Gasteiger partial charge >= 0.3 is 0 Å². The second kappa shape index (κ2) is 8.73. The van der Waals surface area contributed by atoms with Crippen molar-refractivity contribution in [3.05, 3.63) is 0 Å². The molecule has 0 aromatic carbocycles. The summed E-state index contributed by atoms with van der Waals surface area (Å²) < 4.78 is 23.3. The number of sulfonamides is 1. The summed E-state index contributed by atoms with van der Waals surface area (Å²) in [6, 6.07) is 0. The number of carbonyl (C=O) groups is 1. The van der Waals surface area contributed by atoms with Gasteiger partial charge in [0.25, 0.3) is 0 Å². The fraction of sp³-hybridized carbons (Fsp3) is 0.909. The van der Waals surface area contributed by atoms with Crippen molar-refractivity contribution in [3.63, 3.8) is 0 Å². The van der Waals surface area contributed by atoms with Crippen LogP contribution in [0.1, 0.15) is 19.3 Å². The van der Waals surface area contributed by atoms with E-state index in [0.29, 0.717) is 12.5 Å². The zero-order valence-electron chi connectivity index (χ0n) is 11.5. The molecular weight excluding hydrogens is 290 g/mol. The molecule has 0 radical (unpaired) electrons. The summed E-state index contributed by atoms with van der Waals surface area (Å²) in [5.41, 5.74) is 0. The van der Waals surface area contributed by atoms with Gasteiger partial charge in [-0.1, -0.05) is 0 Å². The van der Waals surface area contributed by atoms with Crippen molar-refractivity contribution in [1.29, 1.82) is 0 Å². The Hall–Kier alpha value is -0.370. The lowest BCUT2D eigenvalue weighted by molar-refractivity contribution is -0.121. The highest BCUT2D eigenvalue weighted by Gasteiger charge is 2.16. The maximum absolute atomic E-state index is 11.5. The molecule has 114 valence electrons. The van der Waals surface area contributed by atoms with Crippen LogP contribution in [0.15, 0.2) is 0 Å². The van der Waals surface area contributed by atoms with Crippen molar-refractivity contribution < 1.29 is 13.2 Å². The molecule has 19 heavy (non-hydrogen) atoms. The summed E-state index contributed by atoms with van der Waals surface area (Å²) in [4.78, 5) is 11.5. The summed E-state index contributed by atoms with van der Waals surface area (Å²) in [6.45, 7) is 2.60.